The standard InChI is InChI=1S/C7H12O3S/c1-5(8)7(10)6(9)3-4-11-2/h3-4,6-7,9-10H,1-2H3/b4-3+/i3D,6D,7D. The Morgan fingerprint density at radius 3 is 2.73 bits per heavy atom. The highest BCUT2D eigenvalue weighted by atomic mass is 32.2. The molecule has 2 unspecified atom stereocenters. The fourth-order valence-corrected chi connectivity index (χ4v) is 0.579. The van der Waals surface area contributed by atoms with Gasteiger partial charge < -0.3 is 10.2 Å². The van der Waals surface area contributed by atoms with Gasteiger partial charge in [0.1, 0.15) is 12.2 Å². The van der Waals surface area contributed by atoms with E-state index in [2.05, 4.69) is 0 Å². The molecule has 4 heteroatoms. The molecule has 0 rings (SSSR count). The maximum absolute atomic E-state index is 10.8. The van der Waals surface area contributed by atoms with Gasteiger partial charge in [0.15, 0.2) is 5.78 Å². The summed E-state index contributed by atoms with van der Waals surface area (Å²) >= 11 is 1.03. The van der Waals surface area contributed by atoms with Crippen LogP contribution in [0.2, 0.25) is 0 Å². The summed E-state index contributed by atoms with van der Waals surface area (Å²) in [6.45, 7) is 0.874. The smallest absolute Gasteiger partial charge is 0.161 e. The maximum Gasteiger partial charge on any atom is 0.161 e. The highest BCUT2D eigenvalue weighted by Crippen LogP contribution is 2.01. The third kappa shape index (κ3) is 4.19. The summed E-state index contributed by atoms with van der Waals surface area (Å²) in [5, 5.41) is 19.7. The van der Waals surface area contributed by atoms with E-state index in [1.165, 1.54) is 0 Å². The van der Waals surface area contributed by atoms with E-state index in [0.717, 1.165) is 24.1 Å². The Morgan fingerprint density at radius 2 is 2.36 bits per heavy atom. The van der Waals surface area contributed by atoms with Crippen LogP contribution in [0.15, 0.2) is 11.5 Å². The van der Waals surface area contributed by atoms with Gasteiger partial charge in [0, 0.05) is 0 Å². The minimum atomic E-state index is -3.02. The largest absolute Gasteiger partial charge is 0.386 e. The number of hydrogen-bond donors (Lipinski definition) is 2. The molecule has 64 valence electrons. The summed E-state index contributed by atoms with van der Waals surface area (Å²) < 4.78 is 21.5. The predicted octanol–water partition coefficient (Wildman–Crippen LogP) is 0.174. The SMILES string of the molecule is [2H]/C(=C\SC)C([2H])(O)C([2H])(O)C(C)=O. The number of carbonyl (C=O) groups is 1. The van der Waals surface area contributed by atoms with Gasteiger partial charge in [0.25, 0.3) is 0 Å². The average molecular weight is 179 g/mol. The number of carbonyl (C=O) groups excluding carboxylic acids is 1. The molecule has 0 spiro atoms. The second kappa shape index (κ2) is 5.35. The van der Waals surface area contributed by atoms with Gasteiger partial charge in [0.2, 0.25) is 0 Å². The fourth-order valence-electron chi connectivity index (χ4n) is 0.350. The van der Waals surface area contributed by atoms with Crippen LogP contribution in [-0.4, -0.2) is 34.4 Å². The molecule has 0 amide bonds. The quantitative estimate of drug-likeness (QED) is 0.646. The summed E-state index contributed by atoms with van der Waals surface area (Å²) in [4.78, 5) is 10.8. The van der Waals surface area contributed by atoms with Crippen LogP contribution < -0.4 is 0 Å². The molecule has 3 nitrogen and oxygen atoms in total. The molecule has 0 heterocycles. The third-order valence-electron chi connectivity index (χ3n) is 0.871. The third-order valence-corrected chi connectivity index (χ3v) is 1.22. The van der Waals surface area contributed by atoms with Crippen molar-refractivity contribution >= 4 is 17.5 Å². The summed E-state index contributed by atoms with van der Waals surface area (Å²) in [6.07, 6.45) is -4.38. The number of Topliss-reactive ketones (excluding diaryl/α,β-unsaturated/α-hetero) is 1. The van der Waals surface area contributed by atoms with Crippen molar-refractivity contribution in [2.45, 2.75) is 19.1 Å². The first-order chi connectivity index (χ1) is 6.17. The van der Waals surface area contributed by atoms with E-state index in [1.807, 2.05) is 0 Å². The van der Waals surface area contributed by atoms with Crippen LogP contribution in [0.1, 0.15) is 11.0 Å². The van der Waals surface area contributed by atoms with E-state index in [0.29, 0.717) is 0 Å². The first kappa shape index (κ1) is 6.22. The van der Waals surface area contributed by atoms with E-state index < -0.39 is 24.0 Å². The van der Waals surface area contributed by atoms with Gasteiger partial charge in [-0.2, -0.15) is 0 Å². The van der Waals surface area contributed by atoms with Crippen molar-refractivity contribution in [3.8, 4) is 0 Å². The van der Waals surface area contributed by atoms with Crippen LogP contribution in [0.25, 0.3) is 0 Å². The number of ketones is 1. The Balaban J connectivity index is 5.14. The van der Waals surface area contributed by atoms with Gasteiger partial charge in [-0.3, -0.25) is 4.79 Å². The monoisotopic (exact) mass is 179 g/mol. The van der Waals surface area contributed by atoms with Crippen molar-refractivity contribution < 1.29 is 19.1 Å². The Labute approximate surface area is 74.3 Å². The Bertz CT molecular complexity index is 263. The van der Waals surface area contributed by atoms with Crippen molar-refractivity contribution in [1.82, 2.24) is 0 Å². The molecule has 0 radical (unpaired) electrons. The Kier molecular flexibility index (Phi) is 3.02. The molecule has 0 aliphatic heterocycles. The lowest BCUT2D eigenvalue weighted by molar-refractivity contribution is -0.128. The first-order valence-corrected chi connectivity index (χ1v) is 4.12. The second-order valence-corrected chi connectivity index (χ2v) is 2.46. The molecule has 2 atom stereocenters. The van der Waals surface area contributed by atoms with Gasteiger partial charge in [0.05, 0.1) is 4.11 Å². The molecule has 0 aromatic rings. The zero-order chi connectivity index (χ0) is 11.6. The van der Waals surface area contributed by atoms with Crippen LogP contribution in [-0.2, 0) is 4.79 Å². The van der Waals surface area contributed by atoms with E-state index in [4.69, 9.17) is 4.11 Å². The highest BCUT2D eigenvalue weighted by Gasteiger charge is 2.17. The molecule has 11 heavy (non-hydrogen) atoms. The highest BCUT2D eigenvalue weighted by molar-refractivity contribution is 8.01. The van der Waals surface area contributed by atoms with Gasteiger partial charge in [-0.25, -0.2) is 0 Å². The minimum Gasteiger partial charge on any atom is -0.386 e. The molecule has 0 saturated carbocycles. The fraction of sp³-hybridized carbons (Fsp3) is 0.571. The van der Waals surface area contributed by atoms with Gasteiger partial charge in [-0.1, -0.05) is 0 Å². The van der Waals surface area contributed by atoms with Crippen LogP contribution in [0.4, 0.5) is 0 Å². The van der Waals surface area contributed by atoms with E-state index in [1.54, 1.807) is 6.26 Å². The summed E-state index contributed by atoms with van der Waals surface area (Å²) in [5.41, 5.74) is 0. The Morgan fingerprint density at radius 1 is 1.82 bits per heavy atom. The number of rotatable bonds is 4. The van der Waals surface area contributed by atoms with Crippen molar-refractivity contribution in [1.29, 1.82) is 0 Å². The molecule has 0 aliphatic rings. The lowest BCUT2D eigenvalue weighted by atomic mass is 10.1. The van der Waals surface area contributed by atoms with E-state index in [-0.39, 0.29) is 0 Å². The Hall–Kier alpha value is -0.320. The second-order valence-electron chi connectivity index (χ2n) is 1.75. The van der Waals surface area contributed by atoms with Gasteiger partial charge >= 0.3 is 0 Å². The van der Waals surface area contributed by atoms with Crippen LogP contribution >= 0.6 is 11.8 Å². The summed E-state index contributed by atoms with van der Waals surface area (Å²) in [7, 11) is 0. The minimum absolute atomic E-state index is 0.697. The number of hydrogen-bond acceptors (Lipinski definition) is 4. The van der Waals surface area contributed by atoms with Crippen molar-refractivity contribution in [3.63, 3.8) is 0 Å². The molecule has 0 fully saturated rings. The lowest BCUT2D eigenvalue weighted by Gasteiger charge is -2.09. The maximum atomic E-state index is 10.8. The molecule has 2 N–H and O–H groups in total. The molecular formula is C7H12O3S. The van der Waals surface area contributed by atoms with Gasteiger partial charge in [-0.15, -0.1) is 11.8 Å². The van der Waals surface area contributed by atoms with Crippen LogP contribution in [0.3, 0.4) is 0 Å². The van der Waals surface area contributed by atoms with Crippen molar-refractivity contribution in [3.05, 3.63) is 11.5 Å². The average Bonchev–Trinajstić information content (AvgIpc) is 2.04. The van der Waals surface area contributed by atoms with Crippen LogP contribution in [0, 0.1) is 0 Å². The summed E-state index contributed by atoms with van der Waals surface area (Å²) in [6, 6.07) is -0.697. The number of thioether (sulfide) groups is 1. The lowest BCUT2D eigenvalue weighted by Crippen LogP contribution is -2.30. The van der Waals surface area contributed by atoms with Gasteiger partial charge in [-0.05, 0) is 24.6 Å². The molecule has 0 bridgehead atoms. The van der Waals surface area contributed by atoms with Crippen molar-refractivity contribution in [2.24, 2.45) is 0 Å². The summed E-state index contributed by atoms with van der Waals surface area (Å²) in [5.74, 6) is -1.09. The topological polar surface area (TPSA) is 57.5 Å². The molecule has 0 aromatic carbocycles. The zero-order valence-electron chi connectivity index (χ0n) is 9.29. The van der Waals surface area contributed by atoms with Crippen LogP contribution in [0.5, 0.6) is 0 Å². The normalized spacial score (nSPS) is 27.3. The molecular weight excluding hydrogens is 164 g/mol. The van der Waals surface area contributed by atoms with E-state index in [9.17, 15) is 15.0 Å². The molecule has 0 aliphatic carbocycles. The molecule has 0 saturated heterocycles. The zero-order valence-corrected chi connectivity index (χ0v) is 7.10. The van der Waals surface area contributed by atoms with Crippen molar-refractivity contribution in [2.75, 3.05) is 6.26 Å². The predicted molar refractivity (Wildman–Crippen MR) is 45.3 cm³/mol. The molecule has 0 aromatic heterocycles. The number of aliphatic hydroxyl groups is 2. The first-order valence-electron chi connectivity index (χ1n) is 4.33. The van der Waals surface area contributed by atoms with E-state index >= 15 is 0 Å².